The summed E-state index contributed by atoms with van der Waals surface area (Å²) in [6, 6.07) is 9.69. The maximum Gasteiger partial charge on any atom is 0.207 e. The van der Waals surface area contributed by atoms with Crippen LogP contribution in [0.5, 0.6) is 0 Å². The highest BCUT2D eigenvalue weighted by molar-refractivity contribution is 5.75. The van der Waals surface area contributed by atoms with Crippen LogP contribution in [-0.2, 0) is 4.74 Å². The smallest absolute Gasteiger partial charge is 0.207 e. The number of imidazole rings is 1. The first-order valence-corrected chi connectivity index (χ1v) is 11.6. The van der Waals surface area contributed by atoms with E-state index in [9.17, 15) is 0 Å². The highest BCUT2D eigenvalue weighted by Crippen LogP contribution is 2.29. The van der Waals surface area contributed by atoms with E-state index in [1.807, 2.05) is 6.92 Å². The van der Waals surface area contributed by atoms with Crippen LogP contribution < -0.4 is 11.4 Å². The topological polar surface area (TPSA) is 71.6 Å². The van der Waals surface area contributed by atoms with Crippen molar-refractivity contribution < 1.29 is 4.74 Å². The molecule has 6 heteroatoms. The first kappa shape index (κ1) is 20.6. The second kappa shape index (κ2) is 9.92. The van der Waals surface area contributed by atoms with Crippen LogP contribution in [0.2, 0.25) is 0 Å². The second-order valence-corrected chi connectivity index (χ2v) is 8.58. The number of likely N-dealkylation sites (tertiary alicyclic amines) is 1. The molecule has 1 aliphatic heterocycles. The van der Waals surface area contributed by atoms with Crippen LogP contribution >= 0.6 is 0 Å². The number of H-pyrrole nitrogens is 1. The number of para-hydroxylation sites is 2. The minimum atomic E-state index is -0.630. The number of aromatic nitrogens is 2. The molecule has 1 aliphatic carbocycles. The summed E-state index contributed by atoms with van der Waals surface area (Å²) in [5.41, 5.74) is 9.20. The Labute approximate surface area is 174 Å². The number of nitrogens with one attached hydrogen (secondary N) is 1. The number of piperidine rings is 1. The van der Waals surface area contributed by atoms with Gasteiger partial charge in [-0.1, -0.05) is 44.2 Å². The molecule has 29 heavy (non-hydrogen) atoms. The highest BCUT2D eigenvalue weighted by Gasteiger charge is 2.27. The third kappa shape index (κ3) is 4.93. The minimum Gasteiger partial charge on any atom is -0.344 e. The van der Waals surface area contributed by atoms with Crippen LogP contribution in [0.25, 0.3) is 11.0 Å². The summed E-state index contributed by atoms with van der Waals surface area (Å²) < 4.78 is 7.84. The van der Waals surface area contributed by atoms with Crippen molar-refractivity contribution in [3.63, 3.8) is 0 Å². The van der Waals surface area contributed by atoms with Gasteiger partial charge in [-0.05, 0) is 44.7 Å². The van der Waals surface area contributed by atoms with E-state index in [-0.39, 0.29) is 0 Å². The molecule has 1 saturated carbocycles. The Balaban J connectivity index is 1.53. The molecule has 1 aromatic heterocycles. The van der Waals surface area contributed by atoms with Gasteiger partial charge in [0.25, 0.3) is 0 Å². The molecular weight excluding hydrogens is 362 g/mol. The standard InChI is InChI=1S/C23H37N5O/c1-2-29-22(24)26-23-25-20-12-8-9-13-21(20)28(23)19-14-16-27(17-15-19)18-10-6-4-3-5-7-11-18/h8-9,12-13,18-19,22H,2-7,10-11,14-17,24H2,1H3,(H,25,26). The molecule has 0 radical (unpaired) electrons. The molecule has 2 aliphatic rings. The summed E-state index contributed by atoms with van der Waals surface area (Å²) in [5, 5.41) is 0. The number of ether oxygens (including phenoxy) is 1. The van der Waals surface area contributed by atoms with Gasteiger partial charge >= 0.3 is 0 Å². The molecule has 0 amide bonds. The molecular formula is C23H37N5O. The summed E-state index contributed by atoms with van der Waals surface area (Å²) in [6.45, 7) is 4.86. The summed E-state index contributed by atoms with van der Waals surface area (Å²) >= 11 is 0. The van der Waals surface area contributed by atoms with Crippen LogP contribution in [0.4, 0.5) is 0 Å². The first-order chi connectivity index (χ1) is 14.3. The van der Waals surface area contributed by atoms with Gasteiger partial charge in [0.15, 0.2) is 0 Å². The molecule has 1 aromatic carbocycles. The maximum atomic E-state index is 6.05. The number of rotatable bonds is 5. The van der Waals surface area contributed by atoms with E-state index in [0.717, 1.165) is 30.0 Å². The molecule has 6 nitrogen and oxygen atoms in total. The molecule has 2 fully saturated rings. The molecule has 0 spiro atoms. The number of nitrogens with zero attached hydrogens (tertiary/aromatic N) is 3. The van der Waals surface area contributed by atoms with Gasteiger partial charge < -0.3 is 19.2 Å². The van der Waals surface area contributed by atoms with Crippen LogP contribution in [0.15, 0.2) is 29.3 Å². The number of benzene rings is 1. The largest absolute Gasteiger partial charge is 0.344 e. The number of hydrogen-bond donors (Lipinski definition) is 2. The lowest BCUT2D eigenvalue weighted by Gasteiger charge is -2.39. The highest BCUT2D eigenvalue weighted by atomic mass is 16.5. The molecule has 2 heterocycles. The Bertz CT molecular complexity index is 825. The third-order valence-corrected chi connectivity index (χ3v) is 6.68. The molecule has 1 unspecified atom stereocenters. The zero-order chi connectivity index (χ0) is 20.1. The van der Waals surface area contributed by atoms with Crippen LogP contribution in [0, 0.1) is 0 Å². The predicted molar refractivity (Wildman–Crippen MR) is 117 cm³/mol. The van der Waals surface area contributed by atoms with E-state index in [1.165, 1.54) is 63.6 Å². The fraction of sp³-hybridized carbons (Fsp3) is 0.696. The van der Waals surface area contributed by atoms with Crippen LogP contribution in [0.3, 0.4) is 0 Å². The van der Waals surface area contributed by atoms with E-state index in [2.05, 4.69) is 43.7 Å². The van der Waals surface area contributed by atoms with Gasteiger partial charge in [0.05, 0.1) is 11.0 Å². The van der Waals surface area contributed by atoms with E-state index in [0.29, 0.717) is 12.6 Å². The van der Waals surface area contributed by atoms with Gasteiger partial charge in [-0.25, -0.2) is 4.99 Å². The Kier molecular flexibility index (Phi) is 7.06. The number of fused-ring (bicyclic) bond motifs is 1. The van der Waals surface area contributed by atoms with Crippen molar-refractivity contribution in [3.8, 4) is 0 Å². The normalized spacial score (nSPS) is 22.6. The number of nitrogens with two attached hydrogens (primary N) is 1. The lowest BCUT2D eigenvalue weighted by molar-refractivity contribution is 0.0697. The lowest BCUT2D eigenvalue weighted by atomic mass is 9.93. The molecule has 1 saturated heterocycles. The fourth-order valence-electron chi connectivity index (χ4n) is 5.19. The van der Waals surface area contributed by atoms with Gasteiger partial charge in [0.2, 0.25) is 12.0 Å². The molecule has 3 N–H and O–H groups in total. The zero-order valence-corrected chi connectivity index (χ0v) is 17.9. The lowest BCUT2D eigenvalue weighted by Crippen LogP contribution is -2.43. The van der Waals surface area contributed by atoms with E-state index in [1.54, 1.807) is 0 Å². The van der Waals surface area contributed by atoms with Crippen molar-refractivity contribution in [2.24, 2.45) is 10.7 Å². The van der Waals surface area contributed by atoms with Crippen molar-refractivity contribution in [2.75, 3.05) is 19.7 Å². The predicted octanol–water partition coefficient (Wildman–Crippen LogP) is 3.90. The minimum absolute atomic E-state index is 0.448. The van der Waals surface area contributed by atoms with Crippen LogP contribution in [0.1, 0.15) is 70.8 Å². The van der Waals surface area contributed by atoms with Crippen molar-refractivity contribution in [3.05, 3.63) is 29.9 Å². The molecule has 4 rings (SSSR count). The SMILES string of the molecule is CCOC(N)/N=c1\[nH]c2ccccc2n1C1CCN(C2CCCCCCC2)CC1. The molecule has 0 bridgehead atoms. The van der Waals surface area contributed by atoms with Gasteiger partial charge in [-0.3, -0.25) is 5.73 Å². The Morgan fingerprint density at radius 3 is 2.45 bits per heavy atom. The van der Waals surface area contributed by atoms with Crippen molar-refractivity contribution in [1.29, 1.82) is 0 Å². The van der Waals surface area contributed by atoms with Crippen molar-refractivity contribution in [1.82, 2.24) is 14.5 Å². The van der Waals surface area contributed by atoms with Crippen LogP contribution in [-0.4, -0.2) is 46.5 Å². The van der Waals surface area contributed by atoms with Crippen molar-refractivity contribution in [2.45, 2.75) is 83.1 Å². The number of aromatic amines is 1. The van der Waals surface area contributed by atoms with Crippen molar-refractivity contribution >= 4 is 11.0 Å². The van der Waals surface area contributed by atoms with Gasteiger partial charge in [-0.15, -0.1) is 0 Å². The van der Waals surface area contributed by atoms with Gasteiger partial charge in [0, 0.05) is 31.8 Å². The summed E-state index contributed by atoms with van der Waals surface area (Å²) in [4.78, 5) is 10.9. The van der Waals surface area contributed by atoms with E-state index >= 15 is 0 Å². The maximum absolute atomic E-state index is 6.05. The first-order valence-electron chi connectivity index (χ1n) is 11.6. The molecule has 2 aromatic rings. The average molecular weight is 400 g/mol. The fourth-order valence-corrected chi connectivity index (χ4v) is 5.19. The Morgan fingerprint density at radius 2 is 1.72 bits per heavy atom. The van der Waals surface area contributed by atoms with E-state index < -0.39 is 6.35 Å². The molecule has 160 valence electrons. The third-order valence-electron chi connectivity index (χ3n) is 6.68. The summed E-state index contributed by atoms with van der Waals surface area (Å²) in [6.07, 6.45) is 11.5. The quantitative estimate of drug-likeness (QED) is 0.749. The second-order valence-electron chi connectivity index (χ2n) is 8.58. The summed E-state index contributed by atoms with van der Waals surface area (Å²) in [5.74, 6) is 0. The van der Waals surface area contributed by atoms with Gasteiger partial charge in [0.1, 0.15) is 0 Å². The Morgan fingerprint density at radius 1 is 1.03 bits per heavy atom. The monoisotopic (exact) mass is 399 g/mol. The zero-order valence-electron chi connectivity index (χ0n) is 17.9. The summed E-state index contributed by atoms with van der Waals surface area (Å²) in [7, 11) is 0. The Hall–Kier alpha value is -1.63. The van der Waals surface area contributed by atoms with E-state index in [4.69, 9.17) is 10.5 Å². The molecule has 1 atom stereocenters. The average Bonchev–Trinajstić information content (AvgIpc) is 3.06. The van der Waals surface area contributed by atoms with Gasteiger partial charge in [-0.2, -0.15) is 0 Å². The number of hydrogen-bond acceptors (Lipinski definition) is 4.